The van der Waals surface area contributed by atoms with Crippen LogP contribution in [0.15, 0.2) is 63.3 Å². The molecule has 5 rings (SSSR count). The summed E-state index contributed by atoms with van der Waals surface area (Å²) in [6, 6.07) is 17.2. The highest BCUT2D eigenvalue weighted by atomic mass is 32.2. The van der Waals surface area contributed by atoms with Crippen molar-refractivity contribution in [3.8, 4) is 0 Å². The highest BCUT2D eigenvalue weighted by Crippen LogP contribution is 2.33. The van der Waals surface area contributed by atoms with Crippen LogP contribution in [0.25, 0.3) is 20.4 Å². The van der Waals surface area contributed by atoms with Crippen LogP contribution in [0.1, 0.15) is 11.1 Å². The van der Waals surface area contributed by atoms with Gasteiger partial charge in [-0.2, -0.15) is 0 Å². The minimum absolute atomic E-state index is 0.0660. The first-order chi connectivity index (χ1) is 17.8. The van der Waals surface area contributed by atoms with Gasteiger partial charge in [0.15, 0.2) is 8.68 Å². The Labute approximate surface area is 230 Å². The summed E-state index contributed by atoms with van der Waals surface area (Å²) >= 11 is 5.84. The van der Waals surface area contributed by atoms with E-state index in [4.69, 9.17) is 5.73 Å². The number of nitrogens with two attached hydrogens (primary N) is 1. The Morgan fingerprint density at radius 1 is 0.811 bits per heavy atom. The molecule has 37 heavy (non-hydrogen) atoms. The molecule has 0 bridgehead atoms. The summed E-state index contributed by atoms with van der Waals surface area (Å²) < 4.78 is 3.60. The summed E-state index contributed by atoms with van der Waals surface area (Å²) in [6.07, 6.45) is 0. The Bertz CT molecular complexity index is 1610. The molecule has 0 unspecified atom stereocenters. The lowest BCUT2D eigenvalue weighted by molar-refractivity contribution is -0.114. The standard InChI is InChI=1S/C26H23N5O2S4/c1-14-4-3-5-15(2)24(14)31-23(33)13-35-26-30-19-9-7-17(11-21(19)37-26)28-22(32)12-34-25-29-18-8-6-16(27)10-20(18)36-25/h3-11H,12-13,27H2,1-2H3,(H,28,32)(H,31,33). The van der Waals surface area contributed by atoms with Gasteiger partial charge in [0.2, 0.25) is 11.8 Å². The van der Waals surface area contributed by atoms with E-state index in [1.807, 2.05) is 68.4 Å². The summed E-state index contributed by atoms with van der Waals surface area (Å²) in [5, 5.41) is 5.95. The summed E-state index contributed by atoms with van der Waals surface area (Å²) in [5.41, 5.74) is 11.9. The number of aromatic nitrogens is 2. The molecule has 0 saturated heterocycles. The summed E-state index contributed by atoms with van der Waals surface area (Å²) in [4.78, 5) is 34.2. The average Bonchev–Trinajstić information content (AvgIpc) is 3.46. The number of carbonyl (C=O) groups excluding carboxylic acids is 2. The molecule has 3 aromatic carbocycles. The SMILES string of the molecule is Cc1cccc(C)c1NC(=O)CSc1nc2ccc(NC(=O)CSc3nc4ccc(N)cc4s3)cc2s1. The van der Waals surface area contributed by atoms with Gasteiger partial charge in [-0.05, 0) is 61.4 Å². The quantitative estimate of drug-likeness (QED) is 0.144. The van der Waals surface area contributed by atoms with Gasteiger partial charge in [0.25, 0.3) is 0 Å². The maximum Gasteiger partial charge on any atom is 0.234 e. The Kier molecular flexibility index (Phi) is 7.65. The minimum atomic E-state index is -0.106. The minimum Gasteiger partial charge on any atom is -0.399 e. The van der Waals surface area contributed by atoms with E-state index in [1.54, 1.807) is 0 Å². The van der Waals surface area contributed by atoms with Gasteiger partial charge in [-0.15, -0.1) is 22.7 Å². The number of benzene rings is 3. The highest BCUT2D eigenvalue weighted by Gasteiger charge is 2.12. The molecule has 2 heterocycles. The number of thiazole rings is 2. The van der Waals surface area contributed by atoms with Crippen LogP contribution in [0.4, 0.5) is 17.1 Å². The third-order valence-electron chi connectivity index (χ3n) is 5.44. The molecule has 11 heteroatoms. The molecule has 0 spiro atoms. The van der Waals surface area contributed by atoms with Gasteiger partial charge in [0, 0.05) is 17.1 Å². The number of amides is 2. The molecule has 0 aliphatic carbocycles. The van der Waals surface area contributed by atoms with E-state index in [2.05, 4.69) is 20.6 Å². The highest BCUT2D eigenvalue weighted by molar-refractivity contribution is 8.02. The topological polar surface area (TPSA) is 110 Å². The first kappa shape index (κ1) is 25.5. The lowest BCUT2D eigenvalue weighted by atomic mass is 10.1. The third-order valence-corrected chi connectivity index (χ3v) is 9.77. The number of carbonyl (C=O) groups is 2. The van der Waals surface area contributed by atoms with Crippen molar-refractivity contribution in [2.24, 2.45) is 0 Å². The molecule has 0 saturated carbocycles. The molecular weight excluding hydrogens is 543 g/mol. The number of thioether (sulfide) groups is 2. The first-order valence-corrected chi connectivity index (χ1v) is 14.9. The van der Waals surface area contributed by atoms with E-state index in [9.17, 15) is 9.59 Å². The largest absolute Gasteiger partial charge is 0.399 e. The van der Waals surface area contributed by atoms with Crippen molar-refractivity contribution in [3.63, 3.8) is 0 Å². The van der Waals surface area contributed by atoms with Crippen molar-refractivity contribution in [1.29, 1.82) is 0 Å². The lowest BCUT2D eigenvalue weighted by Crippen LogP contribution is -2.15. The van der Waals surface area contributed by atoms with Crippen molar-refractivity contribution in [3.05, 3.63) is 65.7 Å². The van der Waals surface area contributed by atoms with Gasteiger partial charge in [-0.25, -0.2) is 9.97 Å². The molecule has 0 aliphatic rings. The second kappa shape index (κ2) is 11.1. The number of para-hydroxylation sites is 1. The molecule has 2 amide bonds. The van der Waals surface area contributed by atoms with Crippen LogP contribution in [0.3, 0.4) is 0 Å². The van der Waals surface area contributed by atoms with E-state index in [0.717, 1.165) is 45.9 Å². The molecule has 0 fully saturated rings. The zero-order chi connectivity index (χ0) is 25.9. The fourth-order valence-electron chi connectivity index (χ4n) is 3.66. The molecule has 4 N–H and O–H groups in total. The van der Waals surface area contributed by atoms with Crippen LogP contribution in [0, 0.1) is 13.8 Å². The van der Waals surface area contributed by atoms with Crippen molar-refractivity contribution in [2.45, 2.75) is 22.5 Å². The molecule has 7 nitrogen and oxygen atoms in total. The van der Waals surface area contributed by atoms with E-state index in [1.165, 1.54) is 46.2 Å². The predicted molar refractivity (Wildman–Crippen MR) is 158 cm³/mol. The number of fused-ring (bicyclic) bond motifs is 2. The van der Waals surface area contributed by atoms with Crippen LogP contribution < -0.4 is 16.4 Å². The van der Waals surface area contributed by atoms with Crippen molar-refractivity contribution >= 4 is 95.5 Å². The monoisotopic (exact) mass is 565 g/mol. The predicted octanol–water partition coefficient (Wildman–Crippen LogP) is 6.57. The van der Waals surface area contributed by atoms with E-state index < -0.39 is 0 Å². The first-order valence-electron chi connectivity index (χ1n) is 11.3. The smallest absolute Gasteiger partial charge is 0.234 e. The molecule has 0 radical (unpaired) electrons. The van der Waals surface area contributed by atoms with Gasteiger partial charge < -0.3 is 16.4 Å². The van der Waals surface area contributed by atoms with Crippen LogP contribution in [-0.4, -0.2) is 33.3 Å². The Hall–Kier alpha value is -3.12. The molecular formula is C26H23N5O2S4. The Balaban J connectivity index is 1.16. The number of rotatable bonds is 8. The van der Waals surface area contributed by atoms with Gasteiger partial charge in [-0.3, -0.25) is 9.59 Å². The van der Waals surface area contributed by atoms with Gasteiger partial charge in [0.1, 0.15) is 0 Å². The second-order valence-corrected chi connectivity index (χ2v) is 12.8. The Morgan fingerprint density at radius 2 is 1.38 bits per heavy atom. The molecule has 188 valence electrons. The second-order valence-electron chi connectivity index (χ2n) is 8.31. The Morgan fingerprint density at radius 3 is 2.03 bits per heavy atom. The van der Waals surface area contributed by atoms with Crippen LogP contribution >= 0.6 is 46.2 Å². The molecule has 2 aromatic heterocycles. The lowest BCUT2D eigenvalue weighted by Gasteiger charge is -2.10. The van der Waals surface area contributed by atoms with Gasteiger partial charge in [-0.1, -0.05) is 41.7 Å². The van der Waals surface area contributed by atoms with Crippen LogP contribution in [-0.2, 0) is 9.59 Å². The zero-order valence-corrected chi connectivity index (χ0v) is 23.3. The summed E-state index contributed by atoms with van der Waals surface area (Å²) in [7, 11) is 0. The maximum absolute atomic E-state index is 12.5. The number of aryl methyl sites for hydroxylation is 2. The third kappa shape index (κ3) is 6.24. The summed E-state index contributed by atoms with van der Waals surface area (Å²) in [5.74, 6) is 0.355. The number of nitrogen functional groups attached to an aromatic ring is 1. The van der Waals surface area contributed by atoms with Crippen molar-refractivity contribution < 1.29 is 9.59 Å². The van der Waals surface area contributed by atoms with Crippen LogP contribution in [0.5, 0.6) is 0 Å². The fraction of sp³-hybridized carbons (Fsp3) is 0.154. The maximum atomic E-state index is 12.5. The number of nitrogens with one attached hydrogen (secondary N) is 2. The zero-order valence-electron chi connectivity index (χ0n) is 20.0. The van der Waals surface area contributed by atoms with Gasteiger partial charge in [0.05, 0.1) is 31.9 Å². The molecule has 5 aromatic rings. The van der Waals surface area contributed by atoms with Crippen LogP contribution in [0.2, 0.25) is 0 Å². The average molecular weight is 566 g/mol. The van der Waals surface area contributed by atoms with E-state index in [0.29, 0.717) is 11.4 Å². The van der Waals surface area contributed by atoms with Gasteiger partial charge >= 0.3 is 0 Å². The van der Waals surface area contributed by atoms with E-state index >= 15 is 0 Å². The fourth-order valence-corrected chi connectivity index (χ4v) is 7.49. The number of nitrogens with zero attached hydrogens (tertiary/aromatic N) is 2. The van der Waals surface area contributed by atoms with Crippen molar-refractivity contribution in [1.82, 2.24) is 9.97 Å². The van der Waals surface area contributed by atoms with E-state index in [-0.39, 0.29) is 23.3 Å². The number of hydrogen-bond acceptors (Lipinski definition) is 9. The summed E-state index contributed by atoms with van der Waals surface area (Å²) in [6.45, 7) is 3.96. The van der Waals surface area contributed by atoms with Crippen molar-refractivity contribution in [2.75, 3.05) is 27.9 Å². The number of anilines is 3. The molecule has 0 aliphatic heterocycles. The number of hydrogen-bond donors (Lipinski definition) is 3. The normalized spacial score (nSPS) is 11.2. The molecule has 0 atom stereocenters.